The lowest BCUT2D eigenvalue weighted by Gasteiger charge is -2.56. The lowest BCUT2D eigenvalue weighted by atomic mass is 9.60. The zero-order valence-corrected chi connectivity index (χ0v) is 40.0. The number of pyridine rings is 1. The molecule has 5 aromatic rings. The number of phenols is 1. The summed E-state index contributed by atoms with van der Waals surface area (Å²) < 4.78 is 69.3. The number of carbonyl (C=O) groups excluding carboxylic acids is 2. The number of halogens is 4. The molecule has 71 heavy (non-hydrogen) atoms. The Labute approximate surface area is 409 Å². The zero-order chi connectivity index (χ0) is 48.8. The van der Waals surface area contributed by atoms with E-state index in [1.807, 2.05) is 11.8 Å². The number of fused-ring (bicyclic) bond motifs is 4. The monoisotopic (exact) mass is 976 g/mol. The second-order valence-electron chi connectivity index (χ2n) is 21.6. The summed E-state index contributed by atoms with van der Waals surface area (Å²) in [6.07, 6.45) is 11.0. The van der Waals surface area contributed by atoms with E-state index in [0.717, 1.165) is 97.2 Å². The van der Waals surface area contributed by atoms with Gasteiger partial charge in [-0.05, 0) is 129 Å². The fraction of sp³-hybridized carbons (Fsp3) is 0.528. The molecule has 3 atom stereocenters. The summed E-state index contributed by atoms with van der Waals surface area (Å²) in [6.45, 7) is 9.60. The van der Waals surface area contributed by atoms with Gasteiger partial charge in [-0.1, -0.05) is 13.0 Å². The van der Waals surface area contributed by atoms with Crippen molar-refractivity contribution in [2.45, 2.75) is 102 Å². The maximum Gasteiger partial charge on any atom is 0.319 e. The maximum absolute atomic E-state index is 17.2. The minimum absolute atomic E-state index is 0.0190. The number of amides is 2. The largest absolute Gasteiger partial charge is 0.508 e. The van der Waals surface area contributed by atoms with Gasteiger partial charge in [-0.15, -0.1) is 0 Å². The third kappa shape index (κ3) is 8.76. The summed E-state index contributed by atoms with van der Waals surface area (Å²) in [5, 5.41) is 20.9. The molecule has 5 aliphatic heterocycles. The number of nitrogens with one attached hydrogen (secondary N) is 3. The molecule has 2 saturated carbocycles. The van der Waals surface area contributed by atoms with E-state index in [1.54, 1.807) is 18.3 Å². The number of hydrogen-bond acceptors (Lipinski definition) is 13. The van der Waals surface area contributed by atoms with Crippen LogP contribution in [0.15, 0.2) is 42.6 Å². The Kier molecular flexibility index (Phi) is 11.7. The smallest absolute Gasteiger partial charge is 0.319 e. The molecular weight excluding hydrogens is 917 g/mol. The van der Waals surface area contributed by atoms with Gasteiger partial charge >= 0.3 is 6.01 Å². The van der Waals surface area contributed by atoms with Crippen LogP contribution in [0.25, 0.3) is 32.9 Å². The molecule has 374 valence electrons. The molecule has 1 spiro atoms. The highest BCUT2D eigenvalue weighted by atomic mass is 19.1. The van der Waals surface area contributed by atoms with Gasteiger partial charge < -0.3 is 35.2 Å². The number of ether oxygens (including phenoxy) is 1. The van der Waals surface area contributed by atoms with Gasteiger partial charge in [-0.2, -0.15) is 9.97 Å². The molecule has 2 amide bonds. The van der Waals surface area contributed by atoms with Crippen molar-refractivity contribution < 1.29 is 37.0 Å². The molecule has 2 bridgehead atoms. The third-order valence-corrected chi connectivity index (χ3v) is 17.0. The second-order valence-corrected chi connectivity index (χ2v) is 21.6. The van der Waals surface area contributed by atoms with E-state index in [9.17, 15) is 14.7 Å². The van der Waals surface area contributed by atoms with Gasteiger partial charge in [0, 0.05) is 93.2 Å². The van der Waals surface area contributed by atoms with E-state index in [2.05, 4.69) is 35.6 Å². The number of likely N-dealkylation sites (tertiary alicyclic amines) is 1. The number of piperidine rings is 2. The number of aromatic nitrogens is 3. The van der Waals surface area contributed by atoms with Crippen LogP contribution >= 0.6 is 0 Å². The van der Waals surface area contributed by atoms with Crippen LogP contribution < -0.4 is 30.5 Å². The van der Waals surface area contributed by atoms with Crippen LogP contribution in [0, 0.1) is 34.1 Å². The third-order valence-electron chi connectivity index (χ3n) is 17.0. The van der Waals surface area contributed by atoms with Crippen LogP contribution in [-0.2, 0) is 16.0 Å². The van der Waals surface area contributed by atoms with Crippen molar-refractivity contribution in [2.24, 2.45) is 10.8 Å². The van der Waals surface area contributed by atoms with E-state index in [1.165, 1.54) is 24.3 Å². The van der Waals surface area contributed by atoms with Crippen molar-refractivity contribution in [3.8, 4) is 23.0 Å². The van der Waals surface area contributed by atoms with Crippen molar-refractivity contribution in [3.63, 3.8) is 0 Å². The molecule has 12 rings (SSSR count). The summed E-state index contributed by atoms with van der Waals surface area (Å²) in [5.74, 6) is -3.05. The molecule has 2 unspecified atom stereocenters. The average Bonchev–Trinajstić information content (AvgIpc) is 4.04. The highest BCUT2D eigenvalue weighted by Gasteiger charge is 2.51. The van der Waals surface area contributed by atoms with Gasteiger partial charge in [0.2, 0.25) is 11.8 Å². The van der Waals surface area contributed by atoms with Crippen molar-refractivity contribution in [1.82, 2.24) is 35.4 Å². The minimum atomic E-state index is -0.876. The Bertz CT molecular complexity index is 2900. The van der Waals surface area contributed by atoms with Gasteiger partial charge in [-0.25, -0.2) is 17.6 Å². The number of anilines is 3. The van der Waals surface area contributed by atoms with Gasteiger partial charge in [-0.3, -0.25) is 24.8 Å². The highest BCUT2D eigenvalue weighted by Crippen LogP contribution is 2.53. The molecule has 7 aliphatic rings. The number of nitrogens with zero attached hydrogens (tertiary/aromatic N) is 7. The summed E-state index contributed by atoms with van der Waals surface area (Å²) in [5.41, 5.74) is 1.20. The number of phenolic OH excluding ortho intramolecular Hbond substituents is 1. The maximum atomic E-state index is 17.2. The first-order valence-electron chi connectivity index (χ1n) is 25.6. The topological polar surface area (TPSA) is 151 Å². The Morgan fingerprint density at radius 2 is 1.59 bits per heavy atom. The van der Waals surface area contributed by atoms with Gasteiger partial charge in [0.25, 0.3) is 0 Å². The first kappa shape index (κ1) is 46.2. The molecule has 7 heterocycles. The van der Waals surface area contributed by atoms with Gasteiger partial charge in [0.15, 0.2) is 17.5 Å². The summed E-state index contributed by atoms with van der Waals surface area (Å²) in [6, 6.07) is 8.97. The Morgan fingerprint density at radius 3 is 2.28 bits per heavy atom. The molecule has 2 aliphatic carbocycles. The molecule has 4 N–H and O–H groups in total. The predicted octanol–water partition coefficient (Wildman–Crippen LogP) is 7.05. The van der Waals surface area contributed by atoms with Crippen LogP contribution in [0.2, 0.25) is 0 Å². The molecule has 5 saturated heterocycles. The standard InChI is InChI=1S/C53H60F4N10O4/c1-2-36-39(54)6-3-30-19-35(68)22-37(44(30)36)46-45(57)47-38(25-58-46)49(67-26-31-4-5-32(27-67)59-31)63-51(62-47)71-29-53(9-10-53)28-64-13-11-52(12-14-64)23-34(24-52)66-17-15-65(16-18-66)33-20-40(55)48(41(56)21-33)60-42-7-8-43(69)61-50(42)70/h3,6,19-22,25,31-32,34,42,59-60,68H,2,4-5,7-18,23-24,26-29H2,1H3,(H,61,69,70)/t31-,32?,42?/m0/s1. The average molecular weight is 977 g/mol. The van der Waals surface area contributed by atoms with E-state index in [0.29, 0.717) is 88.4 Å². The van der Waals surface area contributed by atoms with Crippen LogP contribution in [-0.4, -0.2) is 131 Å². The molecule has 2 aromatic heterocycles. The summed E-state index contributed by atoms with van der Waals surface area (Å²) >= 11 is 0. The fourth-order valence-electron chi connectivity index (χ4n) is 12.8. The number of piperazine rings is 2. The van der Waals surface area contributed by atoms with E-state index in [-0.39, 0.29) is 52.8 Å². The molecular formula is C53H60F4N10O4. The normalized spacial score (nSPS) is 24.4. The molecule has 7 fully saturated rings. The molecule has 14 nitrogen and oxygen atoms in total. The number of rotatable bonds is 12. The number of hydrogen-bond donors (Lipinski definition) is 4. The van der Waals surface area contributed by atoms with E-state index >= 15 is 17.6 Å². The molecule has 0 radical (unpaired) electrons. The zero-order valence-electron chi connectivity index (χ0n) is 40.0. The lowest BCUT2D eigenvalue weighted by Crippen LogP contribution is -2.59. The minimum Gasteiger partial charge on any atom is -0.508 e. The van der Waals surface area contributed by atoms with Crippen LogP contribution in [0.1, 0.15) is 76.7 Å². The quantitative estimate of drug-likeness (QED) is 0.0748. The number of carbonyl (C=O) groups is 2. The summed E-state index contributed by atoms with van der Waals surface area (Å²) in [7, 11) is 0. The van der Waals surface area contributed by atoms with Crippen LogP contribution in [0.5, 0.6) is 11.8 Å². The lowest BCUT2D eigenvalue weighted by molar-refractivity contribution is -0.133. The number of imide groups is 1. The first-order valence-corrected chi connectivity index (χ1v) is 25.6. The van der Waals surface area contributed by atoms with Crippen LogP contribution in [0.3, 0.4) is 0 Å². The van der Waals surface area contributed by atoms with Gasteiger partial charge in [0.05, 0.1) is 12.0 Å². The number of aromatic hydroxyl groups is 1. The SMILES string of the molecule is CCc1c(F)ccc2cc(O)cc(-c3ncc4c(N5CC6CC[C@@H](C5)N6)nc(OCC5(CN6CCC7(CC6)CC(N6CCN(c8cc(F)c(NC9CCC(=O)NC9=O)c(F)c8)CC6)C7)CC5)nc4c3F)c12. The van der Waals surface area contributed by atoms with Crippen LogP contribution in [0.4, 0.5) is 34.8 Å². The second kappa shape index (κ2) is 18.0. The highest BCUT2D eigenvalue weighted by molar-refractivity contribution is 6.02. The van der Waals surface area contributed by atoms with Crippen molar-refractivity contribution >= 4 is 50.7 Å². The Hall–Kier alpha value is -5.85. The van der Waals surface area contributed by atoms with Crippen molar-refractivity contribution in [3.05, 3.63) is 71.4 Å². The fourth-order valence-corrected chi connectivity index (χ4v) is 12.8. The molecule has 3 aromatic carbocycles. The number of benzene rings is 3. The Balaban J connectivity index is 0.681. The Morgan fingerprint density at radius 1 is 0.859 bits per heavy atom. The number of aryl methyl sites for hydroxylation is 1. The predicted molar refractivity (Wildman–Crippen MR) is 262 cm³/mol. The van der Waals surface area contributed by atoms with Crippen molar-refractivity contribution in [2.75, 3.05) is 80.6 Å². The summed E-state index contributed by atoms with van der Waals surface area (Å²) in [4.78, 5) is 47.4. The van der Waals surface area contributed by atoms with E-state index < -0.39 is 35.2 Å². The molecule has 18 heteroatoms. The first-order chi connectivity index (χ1) is 34.3. The van der Waals surface area contributed by atoms with Crippen molar-refractivity contribution in [1.29, 1.82) is 0 Å². The van der Waals surface area contributed by atoms with E-state index in [4.69, 9.17) is 14.7 Å². The van der Waals surface area contributed by atoms with Gasteiger partial charge in [0.1, 0.15) is 40.3 Å².